The highest BCUT2D eigenvalue weighted by atomic mass is 16.5. The molecule has 224 valence electrons. The van der Waals surface area contributed by atoms with Crippen molar-refractivity contribution in [2.24, 2.45) is 0 Å². The Morgan fingerprint density at radius 3 is 2.42 bits per heavy atom. The van der Waals surface area contributed by atoms with Crippen LogP contribution >= 0.6 is 0 Å². The maximum atomic E-state index is 13.1. The number of allylic oxidation sites excluding steroid dienone is 1. The van der Waals surface area contributed by atoms with Gasteiger partial charge in [0.15, 0.2) is 28.8 Å². The van der Waals surface area contributed by atoms with Crippen molar-refractivity contribution in [2.45, 2.75) is 31.7 Å². The minimum atomic E-state index is -0.444. The monoisotopic (exact) mass is 586 g/mol. The molecule has 1 saturated heterocycles. The smallest absolute Gasteiger partial charge is 0.256 e. The number of nitrogens with one attached hydrogen (secondary N) is 1. The molecular formula is C33H34N2O8. The Kier molecular flexibility index (Phi) is 9.14. The Labute approximate surface area is 249 Å². The summed E-state index contributed by atoms with van der Waals surface area (Å²) in [5.74, 6) is 1.24. The van der Waals surface area contributed by atoms with Crippen LogP contribution in [0.25, 0.3) is 6.08 Å². The third kappa shape index (κ3) is 6.58. The van der Waals surface area contributed by atoms with E-state index >= 15 is 0 Å². The molecule has 43 heavy (non-hydrogen) atoms. The van der Waals surface area contributed by atoms with Gasteiger partial charge in [-0.15, -0.1) is 0 Å². The van der Waals surface area contributed by atoms with E-state index in [1.807, 2.05) is 6.07 Å². The standard InChI is InChI=1S/C33H34N2O8/c1-40-29-18-21(11-13-27(37)22-8-3-4-10-26(22)36)12-14-28(29)42-16-5-6-17-43-31-20-24-23(19-30(31)41-2)33(39)35-15-7-9-25(35)32(38)34-24/h3-4,8,10-14,18-20,25,36H,5-7,9,15-17H2,1-2H3,(H,34,38)/b13-11+/t25-/m0/s1. The lowest BCUT2D eigenvalue weighted by Crippen LogP contribution is -2.40. The average Bonchev–Trinajstić information content (AvgIpc) is 3.49. The van der Waals surface area contributed by atoms with E-state index in [1.54, 1.807) is 60.6 Å². The molecule has 0 bridgehead atoms. The third-order valence-corrected chi connectivity index (χ3v) is 7.45. The topological polar surface area (TPSA) is 124 Å². The first-order valence-corrected chi connectivity index (χ1v) is 14.2. The second kappa shape index (κ2) is 13.3. The van der Waals surface area contributed by atoms with Crippen molar-refractivity contribution in [1.29, 1.82) is 0 Å². The number of fused-ring (bicyclic) bond motifs is 2. The third-order valence-electron chi connectivity index (χ3n) is 7.45. The molecule has 0 radical (unpaired) electrons. The van der Waals surface area contributed by atoms with E-state index in [4.69, 9.17) is 18.9 Å². The van der Waals surface area contributed by atoms with Gasteiger partial charge in [-0.2, -0.15) is 0 Å². The number of amides is 2. The molecule has 2 aliphatic rings. The summed E-state index contributed by atoms with van der Waals surface area (Å²) >= 11 is 0. The van der Waals surface area contributed by atoms with Crippen LogP contribution in [-0.2, 0) is 4.79 Å². The SMILES string of the molecule is COc1cc(/C=C/C(=O)c2ccccc2O)ccc1OCCCCOc1cc2c(cc1OC)C(=O)N1CCC[C@H]1C(=O)N2. The maximum Gasteiger partial charge on any atom is 0.256 e. The lowest BCUT2D eigenvalue weighted by Gasteiger charge is -2.20. The van der Waals surface area contributed by atoms with E-state index in [0.29, 0.717) is 73.3 Å². The zero-order valence-electron chi connectivity index (χ0n) is 24.1. The molecule has 0 unspecified atom stereocenters. The summed E-state index contributed by atoms with van der Waals surface area (Å²) in [6.07, 6.45) is 5.89. The van der Waals surface area contributed by atoms with Crippen molar-refractivity contribution in [3.8, 4) is 28.7 Å². The summed E-state index contributed by atoms with van der Waals surface area (Å²) in [6.45, 7) is 1.36. The lowest BCUT2D eigenvalue weighted by molar-refractivity contribution is -0.119. The summed E-state index contributed by atoms with van der Waals surface area (Å²) in [5, 5.41) is 12.8. The number of hydrogen-bond donors (Lipinski definition) is 2. The number of nitrogens with zero attached hydrogens (tertiary/aromatic N) is 1. The fourth-order valence-electron chi connectivity index (χ4n) is 5.18. The molecule has 0 saturated carbocycles. The van der Waals surface area contributed by atoms with Crippen LogP contribution in [0.5, 0.6) is 28.7 Å². The van der Waals surface area contributed by atoms with Gasteiger partial charge in [-0.1, -0.05) is 24.3 Å². The largest absolute Gasteiger partial charge is 0.507 e. The lowest BCUT2D eigenvalue weighted by atomic mass is 10.1. The molecular weight excluding hydrogens is 552 g/mol. The van der Waals surface area contributed by atoms with Gasteiger partial charge in [0, 0.05) is 12.6 Å². The molecule has 10 nitrogen and oxygen atoms in total. The van der Waals surface area contributed by atoms with Crippen LogP contribution in [-0.4, -0.2) is 67.6 Å². The highest BCUT2D eigenvalue weighted by Gasteiger charge is 2.39. The Hall–Kier alpha value is -4.99. The summed E-state index contributed by atoms with van der Waals surface area (Å²) in [7, 11) is 3.06. The normalized spacial score (nSPS) is 15.9. The van der Waals surface area contributed by atoms with E-state index in [0.717, 1.165) is 12.0 Å². The Bertz CT molecular complexity index is 1550. The molecule has 1 fully saturated rings. The number of ether oxygens (including phenoxy) is 4. The van der Waals surface area contributed by atoms with Gasteiger partial charge in [0.25, 0.3) is 5.91 Å². The van der Waals surface area contributed by atoms with Crippen molar-refractivity contribution in [1.82, 2.24) is 4.90 Å². The van der Waals surface area contributed by atoms with Gasteiger partial charge in [-0.3, -0.25) is 14.4 Å². The fraction of sp³-hybridized carbons (Fsp3) is 0.303. The molecule has 3 aromatic carbocycles. The molecule has 2 amide bonds. The minimum absolute atomic E-state index is 0.0636. The number of phenols is 1. The molecule has 2 heterocycles. The van der Waals surface area contributed by atoms with Gasteiger partial charge >= 0.3 is 0 Å². The highest BCUT2D eigenvalue weighted by molar-refractivity contribution is 6.11. The van der Waals surface area contributed by atoms with E-state index in [2.05, 4.69) is 5.32 Å². The number of ketones is 1. The quantitative estimate of drug-likeness (QED) is 0.171. The van der Waals surface area contributed by atoms with Gasteiger partial charge in [-0.25, -0.2) is 0 Å². The minimum Gasteiger partial charge on any atom is -0.507 e. The number of carbonyl (C=O) groups is 3. The van der Waals surface area contributed by atoms with Crippen molar-refractivity contribution in [3.05, 3.63) is 77.4 Å². The number of unbranched alkanes of at least 4 members (excludes halogenated alkanes) is 1. The second-order valence-corrected chi connectivity index (χ2v) is 10.2. The van der Waals surface area contributed by atoms with E-state index in [-0.39, 0.29) is 28.9 Å². The van der Waals surface area contributed by atoms with Crippen LogP contribution in [0.3, 0.4) is 0 Å². The number of hydrogen-bond acceptors (Lipinski definition) is 8. The number of rotatable bonds is 12. The summed E-state index contributed by atoms with van der Waals surface area (Å²) < 4.78 is 22.8. The van der Waals surface area contributed by atoms with Crippen molar-refractivity contribution in [3.63, 3.8) is 0 Å². The van der Waals surface area contributed by atoms with Crippen LogP contribution in [0.2, 0.25) is 0 Å². The zero-order valence-corrected chi connectivity index (χ0v) is 24.1. The van der Waals surface area contributed by atoms with Crippen LogP contribution in [0, 0.1) is 0 Å². The van der Waals surface area contributed by atoms with Crippen LogP contribution in [0.4, 0.5) is 5.69 Å². The molecule has 1 atom stereocenters. The number of anilines is 1. The van der Waals surface area contributed by atoms with Crippen molar-refractivity contribution < 1.29 is 38.4 Å². The molecule has 10 heteroatoms. The Balaban J connectivity index is 1.13. The average molecular weight is 587 g/mol. The summed E-state index contributed by atoms with van der Waals surface area (Å²) in [4.78, 5) is 39.8. The molecule has 0 aromatic heterocycles. The Morgan fingerprint density at radius 2 is 1.67 bits per heavy atom. The van der Waals surface area contributed by atoms with Crippen LogP contribution in [0.15, 0.2) is 60.7 Å². The second-order valence-electron chi connectivity index (χ2n) is 10.2. The van der Waals surface area contributed by atoms with E-state index < -0.39 is 6.04 Å². The zero-order chi connectivity index (χ0) is 30.3. The molecule has 0 aliphatic carbocycles. The van der Waals surface area contributed by atoms with Gasteiger partial charge in [0.2, 0.25) is 5.91 Å². The highest BCUT2D eigenvalue weighted by Crippen LogP contribution is 2.37. The Morgan fingerprint density at radius 1 is 0.953 bits per heavy atom. The van der Waals surface area contributed by atoms with Gasteiger partial charge in [-0.05, 0) is 67.7 Å². The first kappa shape index (κ1) is 29.5. The number of phenolic OH excluding ortho intramolecular Hbond substituents is 1. The van der Waals surface area contributed by atoms with Crippen molar-refractivity contribution in [2.75, 3.05) is 39.3 Å². The molecule has 2 aliphatic heterocycles. The summed E-state index contributed by atoms with van der Waals surface area (Å²) in [5.41, 5.74) is 1.80. The van der Waals surface area contributed by atoms with Gasteiger partial charge in [0.05, 0.1) is 44.2 Å². The molecule has 3 aromatic rings. The first-order valence-electron chi connectivity index (χ1n) is 14.2. The van der Waals surface area contributed by atoms with Gasteiger partial charge in [0.1, 0.15) is 11.8 Å². The van der Waals surface area contributed by atoms with Crippen molar-refractivity contribution >= 4 is 29.4 Å². The number of para-hydroxylation sites is 1. The summed E-state index contributed by atoms with van der Waals surface area (Å²) in [6, 6.07) is 14.6. The number of carbonyl (C=O) groups excluding carboxylic acids is 3. The predicted molar refractivity (Wildman–Crippen MR) is 160 cm³/mol. The molecule has 0 spiro atoms. The van der Waals surface area contributed by atoms with Gasteiger partial charge < -0.3 is 34.3 Å². The molecule has 5 rings (SSSR count). The molecule has 2 N–H and O–H groups in total. The first-order chi connectivity index (χ1) is 20.9. The number of methoxy groups -OCH3 is 2. The van der Waals surface area contributed by atoms with Crippen LogP contribution < -0.4 is 24.3 Å². The fourth-order valence-corrected chi connectivity index (χ4v) is 5.18. The number of aromatic hydroxyl groups is 1. The van der Waals surface area contributed by atoms with E-state index in [9.17, 15) is 19.5 Å². The van der Waals surface area contributed by atoms with Crippen LogP contribution in [0.1, 0.15) is 52.0 Å². The number of benzene rings is 3. The maximum absolute atomic E-state index is 13.1. The predicted octanol–water partition coefficient (Wildman–Crippen LogP) is 5.10. The van der Waals surface area contributed by atoms with E-state index in [1.165, 1.54) is 19.3 Å².